The third kappa shape index (κ3) is 5.69. The molecule has 0 saturated carbocycles. The van der Waals surface area contributed by atoms with Gasteiger partial charge in [0.1, 0.15) is 10.1 Å². The summed E-state index contributed by atoms with van der Waals surface area (Å²) in [6.45, 7) is -0.188. The van der Waals surface area contributed by atoms with E-state index in [0.717, 1.165) is 9.13 Å². The van der Waals surface area contributed by atoms with Crippen molar-refractivity contribution in [3.8, 4) is 17.2 Å². The Hall–Kier alpha value is -2.31. The van der Waals surface area contributed by atoms with E-state index < -0.39 is 0 Å². The Morgan fingerprint density at radius 2 is 1.94 bits per heavy atom. The molecule has 0 atom stereocenters. The summed E-state index contributed by atoms with van der Waals surface area (Å²) in [5, 5.41) is 2.76. The normalized spacial score (nSPS) is 14.7. The predicted octanol–water partition coefficient (Wildman–Crippen LogP) is 4.16. The Labute approximate surface area is 203 Å². The number of halogens is 1. The number of rotatable bonds is 7. The molecular formula is C21H19IN2O5S2. The molecule has 1 aliphatic rings. The molecular weight excluding hydrogens is 551 g/mol. The van der Waals surface area contributed by atoms with Gasteiger partial charge >= 0.3 is 0 Å². The van der Waals surface area contributed by atoms with E-state index in [0.29, 0.717) is 32.2 Å². The van der Waals surface area contributed by atoms with E-state index >= 15 is 0 Å². The highest BCUT2D eigenvalue weighted by atomic mass is 127. The number of carbonyl (C=O) groups excluding carboxylic acids is 2. The van der Waals surface area contributed by atoms with E-state index in [1.807, 2.05) is 6.07 Å². The summed E-state index contributed by atoms with van der Waals surface area (Å²) in [4.78, 5) is 26.5. The molecule has 2 aromatic rings. The second-order valence-electron chi connectivity index (χ2n) is 6.34. The number of anilines is 1. The number of nitrogens with zero attached hydrogens (tertiary/aromatic N) is 1. The second-order valence-corrected chi connectivity index (χ2v) is 9.18. The molecule has 1 N–H and O–H groups in total. The smallest absolute Gasteiger partial charge is 0.265 e. The molecule has 0 bridgehead atoms. The first-order valence-electron chi connectivity index (χ1n) is 8.98. The number of hydrogen-bond acceptors (Lipinski definition) is 7. The molecule has 1 saturated heterocycles. The van der Waals surface area contributed by atoms with Gasteiger partial charge in [-0.15, -0.1) is 0 Å². The minimum absolute atomic E-state index is 0.139. The number of benzene rings is 2. The van der Waals surface area contributed by atoms with Crippen LogP contribution in [0.15, 0.2) is 41.3 Å². The average Bonchev–Trinajstić information content (AvgIpc) is 2.99. The molecule has 0 spiro atoms. The molecule has 0 aromatic heterocycles. The standard InChI is InChI=1S/C21H19IN2O5S2/c1-24-20(26)17(31-21(24)30)10-12-8-15(22)19(16(9-12)28-3)29-11-18(25)23-13-4-6-14(27-2)7-5-13/h4-10H,11H2,1-3H3,(H,23,25)/b17-10-. The Balaban J connectivity index is 1.70. The maximum absolute atomic E-state index is 12.3. The first-order chi connectivity index (χ1) is 14.8. The van der Waals surface area contributed by atoms with Crippen LogP contribution in [0.5, 0.6) is 17.2 Å². The van der Waals surface area contributed by atoms with Crippen LogP contribution in [0.4, 0.5) is 5.69 Å². The lowest BCUT2D eigenvalue weighted by molar-refractivity contribution is -0.121. The fourth-order valence-electron chi connectivity index (χ4n) is 2.67. The van der Waals surface area contributed by atoms with E-state index in [9.17, 15) is 9.59 Å². The van der Waals surface area contributed by atoms with Gasteiger partial charge < -0.3 is 19.5 Å². The molecule has 1 aliphatic heterocycles. The van der Waals surface area contributed by atoms with Crippen molar-refractivity contribution >= 4 is 74.5 Å². The van der Waals surface area contributed by atoms with Crippen LogP contribution in [0.2, 0.25) is 0 Å². The van der Waals surface area contributed by atoms with Gasteiger partial charge in [-0.1, -0.05) is 24.0 Å². The molecule has 7 nitrogen and oxygen atoms in total. The maximum Gasteiger partial charge on any atom is 0.265 e. The van der Waals surface area contributed by atoms with Crippen molar-refractivity contribution in [2.75, 3.05) is 33.2 Å². The van der Waals surface area contributed by atoms with Gasteiger partial charge in [0.15, 0.2) is 18.1 Å². The lowest BCUT2D eigenvalue weighted by atomic mass is 10.2. The van der Waals surface area contributed by atoms with E-state index in [1.54, 1.807) is 50.6 Å². The largest absolute Gasteiger partial charge is 0.497 e. The summed E-state index contributed by atoms with van der Waals surface area (Å²) >= 11 is 8.52. The van der Waals surface area contributed by atoms with Gasteiger partial charge in [0.25, 0.3) is 11.8 Å². The number of amides is 2. The van der Waals surface area contributed by atoms with Crippen molar-refractivity contribution in [2.45, 2.75) is 0 Å². The van der Waals surface area contributed by atoms with Crippen molar-refractivity contribution in [1.82, 2.24) is 4.90 Å². The Bertz CT molecular complexity index is 1060. The molecule has 3 rings (SSSR count). The maximum atomic E-state index is 12.3. The van der Waals surface area contributed by atoms with Gasteiger partial charge in [0.2, 0.25) is 0 Å². The van der Waals surface area contributed by atoms with Gasteiger partial charge in [-0.25, -0.2) is 0 Å². The van der Waals surface area contributed by atoms with Crippen LogP contribution in [0.25, 0.3) is 6.08 Å². The van der Waals surface area contributed by atoms with Crippen LogP contribution in [-0.4, -0.2) is 48.9 Å². The predicted molar refractivity (Wildman–Crippen MR) is 134 cm³/mol. The minimum atomic E-state index is -0.307. The number of nitrogens with one attached hydrogen (secondary N) is 1. The summed E-state index contributed by atoms with van der Waals surface area (Å²) in [5.74, 6) is 1.17. The van der Waals surface area contributed by atoms with E-state index in [4.69, 9.17) is 26.4 Å². The summed E-state index contributed by atoms with van der Waals surface area (Å²) in [5.41, 5.74) is 1.41. The van der Waals surface area contributed by atoms with Crippen molar-refractivity contribution in [1.29, 1.82) is 0 Å². The highest BCUT2D eigenvalue weighted by Crippen LogP contribution is 2.37. The first kappa shape index (κ1) is 23.4. The molecule has 0 unspecified atom stereocenters. The molecule has 10 heteroatoms. The number of ether oxygens (including phenoxy) is 3. The van der Waals surface area contributed by atoms with Gasteiger partial charge in [-0.3, -0.25) is 14.5 Å². The molecule has 0 aliphatic carbocycles. The molecule has 1 fully saturated rings. The van der Waals surface area contributed by atoms with Gasteiger partial charge in [-0.2, -0.15) is 0 Å². The Kier molecular flexibility index (Phi) is 7.79. The van der Waals surface area contributed by atoms with E-state index in [2.05, 4.69) is 27.9 Å². The second kappa shape index (κ2) is 10.3. The van der Waals surface area contributed by atoms with E-state index in [-0.39, 0.29) is 18.4 Å². The molecule has 0 radical (unpaired) electrons. The summed E-state index contributed by atoms with van der Waals surface area (Å²) in [6.07, 6.45) is 1.76. The zero-order valence-corrected chi connectivity index (χ0v) is 20.7. The highest BCUT2D eigenvalue weighted by Gasteiger charge is 2.28. The average molecular weight is 570 g/mol. The van der Waals surface area contributed by atoms with Crippen LogP contribution >= 0.6 is 46.6 Å². The van der Waals surface area contributed by atoms with Crippen molar-refractivity contribution in [3.63, 3.8) is 0 Å². The molecule has 2 aromatic carbocycles. The lowest BCUT2D eigenvalue weighted by Gasteiger charge is -2.14. The number of thiocarbonyl (C=S) groups is 1. The first-order valence-corrected chi connectivity index (χ1v) is 11.3. The van der Waals surface area contributed by atoms with Crippen LogP contribution in [0.1, 0.15) is 5.56 Å². The third-order valence-electron chi connectivity index (χ3n) is 4.26. The van der Waals surface area contributed by atoms with Crippen LogP contribution in [0.3, 0.4) is 0 Å². The van der Waals surface area contributed by atoms with Crippen molar-refractivity contribution in [2.24, 2.45) is 0 Å². The number of thioether (sulfide) groups is 1. The number of likely N-dealkylation sites (N-methyl/N-ethyl adjacent to an activating group) is 1. The summed E-state index contributed by atoms with van der Waals surface area (Å²) in [7, 11) is 4.75. The van der Waals surface area contributed by atoms with Crippen molar-refractivity contribution in [3.05, 3.63) is 50.4 Å². The quantitative estimate of drug-likeness (QED) is 0.305. The van der Waals surface area contributed by atoms with Gasteiger partial charge in [0.05, 0.1) is 22.7 Å². The zero-order chi connectivity index (χ0) is 22.5. The third-order valence-corrected chi connectivity index (χ3v) is 6.54. The summed E-state index contributed by atoms with van der Waals surface area (Å²) < 4.78 is 17.5. The van der Waals surface area contributed by atoms with E-state index in [1.165, 1.54) is 23.8 Å². The molecule has 1 heterocycles. The summed E-state index contributed by atoms with van der Waals surface area (Å²) in [6, 6.07) is 10.6. The fraction of sp³-hybridized carbons (Fsp3) is 0.190. The topological polar surface area (TPSA) is 77.1 Å². The van der Waals surface area contributed by atoms with Gasteiger partial charge in [-0.05, 0) is 70.6 Å². The zero-order valence-electron chi connectivity index (χ0n) is 16.9. The number of carbonyl (C=O) groups is 2. The molecule has 162 valence electrons. The Morgan fingerprint density at radius 3 is 2.52 bits per heavy atom. The SMILES string of the molecule is COc1ccc(NC(=O)COc2c(I)cc(/C=C3\SC(=S)N(C)C3=O)cc2OC)cc1. The van der Waals surface area contributed by atoms with Crippen LogP contribution in [-0.2, 0) is 9.59 Å². The van der Waals surface area contributed by atoms with Crippen LogP contribution < -0.4 is 19.5 Å². The van der Waals surface area contributed by atoms with Gasteiger partial charge in [0, 0.05) is 12.7 Å². The molecule has 31 heavy (non-hydrogen) atoms. The molecule has 2 amide bonds. The number of hydrogen-bond donors (Lipinski definition) is 1. The Morgan fingerprint density at radius 1 is 1.23 bits per heavy atom. The number of methoxy groups -OCH3 is 2. The minimum Gasteiger partial charge on any atom is -0.497 e. The fourth-order valence-corrected chi connectivity index (χ4v) is 4.63. The highest BCUT2D eigenvalue weighted by molar-refractivity contribution is 14.1. The van der Waals surface area contributed by atoms with Crippen LogP contribution in [0, 0.1) is 3.57 Å². The van der Waals surface area contributed by atoms with Crippen molar-refractivity contribution < 1.29 is 23.8 Å². The lowest BCUT2D eigenvalue weighted by Crippen LogP contribution is -2.22. The monoisotopic (exact) mass is 570 g/mol.